The number of hydrogen-bond acceptors (Lipinski definition) is 11. The van der Waals surface area contributed by atoms with Crippen LogP contribution in [-0.2, 0) is 47.4 Å². The Morgan fingerprint density at radius 3 is 1.13 bits per heavy atom. The van der Waals surface area contributed by atoms with Crippen LogP contribution in [0.1, 0.15) is 58.3 Å². The van der Waals surface area contributed by atoms with E-state index >= 15 is 0 Å². The normalized spacial score (nSPS) is 11.5. The first-order valence-electron chi connectivity index (χ1n) is 17.2. The molecule has 0 bridgehead atoms. The fourth-order valence-electron chi connectivity index (χ4n) is 3.81. The monoisotopic (exact) mass is 662 g/mol. The van der Waals surface area contributed by atoms with Crippen LogP contribution in [0, 0.1) is 0 Å². The molecule has 0 unspecified atom stereocenters. The first kappa shape index (κ1) is 44.6. The smallest absolute Gasteiger partial charge is 0.112 e. The molecule has 0 rings (SSSR count). The molecule has 0 aromatic rings. The molecule has 0 aromatic carbocycles. The Hall–Kier alpha value is -1.38. The van der Waals surface area contributed by atoms with Crippen molar-refractivity contribution in [3.8, 4) is 0 Å². The van der Waals surface area contributed by atoms with E-state index in [-0.39, 0.29) is 6.61 Å². The largest absolute Gasteiger partial charge is 0.492 e. The Morgan fingerprint density at radius 1 is 0.435 bits per heavy atom. The molecular formula is C35H66O11. The summed E-state index contributed by atoms with van der Waals surface area (Å²) in [7, 11) is 0. The van der Waals surface area contributed by atoms with Gasteiger partial charge in [0.2, 0.25) is 0 Å². The molecule has 0 saturated carbocycles. The molecule has 0 aliphatic heterocycles. The van der Waals surface area contributed by atoms with Gasteiger partial charge >= 0.3 is 0 Å². The molecule has 0 aromatic heterocycles. The molecule has 0 radical (unpaired) electrons. The van der Waals surface area contributed by atoms with Crippen molar-refractivity contribution in [2.45, 2.75) is 58.3 Å². The van der Waals surface area contributed by atoms with Crippen LogP contribution in [0.25, 0.3) is 0 Å². The second kappa shape index (κ2) is 39.8. The standard InChI is InChI=1S/C35H66O11/c1-4-5-6-7-8-9-10-11-34(2)12-13-35(3)46-33-32-45-31-30-44-29-28-43-27-26-42-25-24-41-23-22-40-21-20-39-19-18-38-17-16-37-15-14-36/h12-13,36H,2-11,14-33H2,1H3/b13-12-. The number of hydrogen-bond donors (Lipinski definition) is 1. The number of aliphatic hydroxyl groups is 1. The summed E-state index contributed by atoms with van der Waals surface area (Å²) in [6, 6.07) is 0. The van der Waals surface area contributed by atoms with Crippen molar-refractivity contribution in [3.63, 3.8) is 0 Å². The van der Waals surface area contributed by atoms with Gasteiger partial charge in [-0.1, -0.05) is 70.3 Å². The Labute approximate surface area is 279 Å². The Morgan fingerprint density at radius 2 is 0.761 bits per heavy atom. The highest BCUT2D eigenvalue weighted by molar-refractivity contribution is 5.21. The lowest BCUT2D eigenvalue weighted by atomic mass is 10.1. The SMILES string of the molecule is C=C(/C=C\C(=C)OCCOCCOCCOCCOCCOCCOCCOCCOCCOCCO)CCCCCCCCC. The Bertz CT molecular complexity index is 660. The summed E-state index contributed by atoms with van der Waals surface area (Å²) in [6.45, 7) is 19.6. The summed E-state index contributed by atoms with van der Waals surface area (Å²) >= 11 is 0. The van der Waals surface area contributed by atoms with Crippen LogP contribution in [0.2, 0.25) is 0 Å². The zero-order chi connectivity index (χ0) is 33.4. The predicted octanol–water partition coefficient (Wildman–Crippen LogP) is 4.91. The van der Waals surface area contributed by atoms with E-state index in [9.17, 15) is 0 Å². The van der Waals surface area contributed by atoms with E-state index in [1.807, 2.05) is 12.2 Å². The maximum absolute atomic E-state index is 8.58. The van der Waals surface area contributed by atoms with Crippen molar-refractivity contribution in [2.24, 2.45) is 0 Å². The van der Waals surface area contributed by atoms with E-state index in [0.717, 1.165) is 12.0 Å². The zero-order valence-corrected chi connectivity index (χ0v) is 28.9. The third kappa shape index (κ3) is 38.8. The molecule has 1 N–H and O–H groups in total. The van der Waals surface area contributed by atoms with E-state index < -0.39 is 0 Å². The highest BCUT2D eigenvalue weighted by Crippen LogP contribution is 2.12. The molecule has 0 amide bonds. The lowest BCUT2D eigenvalue weighted by molar-refractivity contribution is -0.0261. The summed E-state index contributed by atoms with van der Waals surface area (Å²) in [6.07, 6.45) is 14.0. The van der Waals surface area contributed by atoms with E-state index in [1.165, 1.54) is 44.9 Å². The van der Waals surface area contributed by atoms with Crippen LogP contribution in [-0.4, -0.2) is 137 Å². The minimum Gasteiger partial charge on any atom is -0.492 e. The zero-order valence-electron chi connectivity index (χ0n) is 28.9. The van der Waals surface area contributed by atoms with Crippen molar-refractivity contribution in [1.29, 1.82) is 0 Å². The van der Waals surface area contributed by atoms with Crippen molar-refractivity contribution < 1.29 is 52.5 Å². The maximum atomic E-state index is 8.58. The van der Waals surface area contributed by atoms with Gasteiger partial charge in [0.1, 0.15) is 12.4 Å². The van der Waals surface area contributed by atoms with Crippen LogP contribution in [0.15, 0.2) is 36.6 Å². The summed E-state index contributed by atoms with van der Waals surface area (Å²) in [4.78, 5) is 0. The first-order valence-corrected chi connectivity index (χ1v) is 17.2. The quantitative estimate of drug-likeness (QED) is 0.0549. The van der Waals surface area contributed by atoms with Gasteiger partial charge in [-0.05, 0) is 18.9 Å². The van der Waals surface area contributed by atoms with Gasteiger partial charge in [-0.2, -0.15) is 0 Å². The van der Waals surface area contributed by atoms with E-state index in [0.29, 0.717) is 131 Å². The molecule has 0 aliphatic rings. The first-order chi connectivity index (χ1) is 22.7. The summed E-state index contributed by atoms with van der Waals surface area (Å²) in [5, 5.41) is 8.58. The maximum Gasteiger partial charge on any atom is 0.112 e. The lowest BCUT2D eigenvalue weighted by Crippen LogP contribution is -2.15. The molecule has 0 saturated heterocycles. The summed E-state index contributed by atoms with van der Waals surface area (Å²) in [5.41, 5.74) is 1.11. The third-order valence-corrected chi connectivity index (χ3v) is 6.33. The average molecular weight is 663 g/mol. The lowest BCUT2D eigenvalue weighted by Gasteiger charge is -2.09. The minimum absolute atomic E-state index is 0.0264. The van der Waals surface area contributed by atoms with Crippen LogP contribution in [0.3, 0.4) is 0 Å². The number of ether oxygens (including phenoxy) is 10. The van der Waals surface area contributed by atoms with Crippen LogP contribution < -0.4 is 0 Å². The molecule has 46 heavy (non-hydrogen) atoms. The van der Waals surface area contributed by atoms with E-state index in [1.54, 1.807) is 0 Å². The summed E-state index contributed by atoms with van der Waals surface area (Å²) < 4.78 is 54.3. The molecule has 0 atom stereocenters. The molecule has 0 fully saturated rings. The molecule has 0 heterocycles. The van der Waals surface area contributed by atoms with Gasteiger partial charge in [0.05, 0.1) is 126 Å². The fraction of sp³-hybridized carbons (Fsp3) is 0.829. The second-order valence-electron chi connectivity index (χ2n) is 10.4. The van der Waals surface area contributed by atoms with Gasteiger partial charge in [-0.15, -0.1) is 0 Å². The van der Waals surface area contributed by atoms with Crippen molar-refractivity contribution in [1.82, 2.24) is 0 Å². The van der Waals surface area contributed by atoms with Crippen molar-refractivity contribution in [2.75, 3.05) is 132 Å². The molecule has 11 heteroatoms. The van der Waals surface area contributed by atoms with E-state index in [2.05, 4.69) is 20.1 Å². The number of rotatable bonds is 40. The average Bonchev–Trinajstić information content (AvgIpc) is 3.06. The number of unbranched alkanes of at least 4 members (excludes halogenated alkanes) is 6. The van der Waals surface area contributed by atoms with Gasteiger partial charge < -0.3 is 52.5 Å². The van der Waals surface area contributed by atoms with Crippen LogP contribution in [0.4, 0.5) is 0 Å². The highest BCUT2D eigenvalue weighted by atomic mass is 16.6. The van der Waals surface area contributed by atoms with Gasteiger partial charge in [-0.3, -0.25) is 0 Å². The van der Waals surface area contributed by atoms with Gasteiger partial charge in [0.25, 0.3) is 0 Å². The van der Waals surface area contributed by atoms with Gasteiger partial charge in [0, 0.05) is 0 Å². The van der Waals surface area contributed by atoms with Crippen LogP contribution in [0.5, 0.6) is 0 Å². The molecule has 0 aliphatic carbocycles. The topological polar surface area (TPSA) is 113 Å². The second-order valence-corrected chi connectivity index (χ2v) is 10.4. The Kier molecular flexibility index (Phi) is 38.6. The molecule has 0 spiro atoms. The number of aliphatic hydroxyl groups excluding tert-OH is 1. The van der Waals surface area contributed by atoms with E-state index in [4.69, 9.17) is 52.5 Å². The molecule has 272 valence electrons. The Balaban J connectivity index is 3.22. The van der Waals surface area contributed by atoms with Crippen LogP contribution >= 0.6 is 0 Å². The predicted molar refractivity (Wildman–Crippen MR) is 180 cm³/mol. The van der Waals surface area contributed by atoms with Crippen molar-refractivity contribution >= 4 is 0 Å². The number of allylic oxidation sites excluding steroid dienone is 3. The highest BCUT2D eigenvalue weighted by Gasteiger charge is 1.97. The third-order valence-electron chi connectivity index (χ3n) is 6.33. The molecular weight excluding hydrogens is 596 g/mol. The fourth-order valence-corrected chi connectivity index (χ4v) is 3.81. The van der Waals surface area contributed by atoms with Crippen molar-refractivity contribution in [3.05, 3.63) is 36.6 Å². The minimum atomic E-state index is 0.0264. The summed E-state index contributed by atoms with van der Waals surface area (Å²) in [5.74, 6) is 0.620. The van der Waals surface area contributed by atoms with Gasteiger partial charge in [-0.25, -0.2) is 0 Å². The molecule has 11 nitrogen and oxygen atoms in total. The van der Waals surface area contributed by atoms with Gasteiger partial charge in [0.15, 0.2) is 0 Å².